The summed E-state index contributed by atoms with van der Waals surface area (Å²) in [5.41, 5.74) is 1.94. The predicted molar refractivity (Wildman–Crippen MR) is 108 cm³/mol. The van der Waals surface area contributed by atoms with Gasteiger partial charge in [0.25, 0.3) is 11.8 Å². The van der Waals surface area contributed by atoms with Crippen LogP contribution in [-0.4, -0.2) is 35.8 Å². The number of furan rings is 1. The van der Waals surface area contributed by atoms with Crippen molar-refractivity contribution in [1.82, 2.24) is 10.2 Å². The summed E-state index contributed by atoms with van der Waals surface area (Å²) in [6.45, 7) is 7.66. The third-order valence-corrected chi connectivity index (χ3v) is 5.34. The van der Waals surface area contributed by atoms with E-state index in [1.165, 1.54) is 5.56 Å². The topological polar surface area (TPSA) is 62.6 Å². The number of carbonyl (C=O) groups is 2. The number of nitrogens with zero attached hydrogens (tertiary/aromatic N) is 1. The van der Waals surface area contributed by atoms with Crippen LogP contribution in [0.2, 0.25) is 0 Å². The summed E-state index contributed by atoms with van der Waals surface area (Å²) in [6, 6.07) is 11.2. The Labute approximate surface area is 168 Å². The van der Waals surface area contributed by atoms with E-state index in [1.807, 2.05) is 24.3 Å². The van der Waals surface area contributed by atoms with Gasteiger partial charge in [-0.1, -0.05) is 32.9 Å². The summed E-state index contributed by atoms with van der Waals surface area (Å²) in [7, 11) is 0. The predicted octanol–water partition coefficient (Wildman–Crippen LogP) is 4.37. The maximum absolute atomic E-state index is 12.5. The molecule has 3 rings (SSSR count). The first-order valence-electron chi connectivity index (χ1n) is 9.20. The van der Waals surface area contributed by atoms with Crippen molar-refractivity contribution in [3.63, 3.8) is 0 Å². The third kappa shape index (κ3) is 4.80. The Morgan fingerprint density at radius 3 is 2.22 bits per heavy atom. The van der Waals surface area contributed by atoms with Crippen molar-refractivity contribution in [2.24, 2.45) is 0 Å². The fourth-order valence-corrected chi connectivity index (χ4v) is 3.51. The van der Waals surface area contributed by atoms with Gasteiger partial charge in [-0.3, -0.25) is 9.59 Å². The lowest BCUT2D eigenvalue weighted by molar-refractivity contribution is 0.0666. The minimum atomic E-state index is -0.108. The second-order valence-electron chi connectivity index (χ2n) is 7.97. The summed E-state index contributed by atoms with van der Waals surface area (Å²) in [4.78, 5) is 26.7. The van der Waals surface area contributed by atoms with E-state index in [9.17, 15) is 9.59 Å². The van der Waals surface area contributed by atoms with Gasteiger partial charge in [-0.05, 0) is 64.0 Å². The molecule has 6 heteroatoms. The number of benzene rings is 1. The fourth-order valence-electron chi connectivity index (χ4n) is 3.20. The van der Waals surface area contributed by atoms with Crippen LogP contribution < -0.4 is 5.32 Å². The van der Waals surface area contributed by atoms with Gasteiger partial charge in [-0.25, -0.2) is 0 Å². The lowest BCUT2D eigenvalue weighted by Gasteiger charge is -2.32. The van der Waals surface area contributed by atoms with Gasteiger partial charge in [0.1, 0.15) is 0 Å². The van der Waals surface area contributed by atoms with Crippen LogP contribution in [0.4, 0.5) is 0 Å². The van der Waals surface area contributed by atoms with Crippen molar-refractivity contribution >= 4 is 27.7 Å². The van der Waals surface area contributed by atoms with Crippen LogP contribution in [0.1, 0.15) is 60.1 Å². The first-order chi connectivity index (χ1) is 12.7. The summed E-state index contributed by atoms with van der Waals surface area (Å²) >= 11 is 3.21. The molecular formula is C21H25BrN2O3. The molecule has 0 aliphatic carbocycles. The zero-order valence-corrected chi connectivity index (χ0v) is 17.5. The molecule has 27 heavy (non-hydrogen) atoms. The van der Waals surface area contributed by atoms with Gasteiger partial charge in [-0.15, -0.1) is 0 Å². The van der Waals surface area contributed by atoms with Crippen molar-refractivity contribution in [3.05, 3.63) is 58.0 Å². The molecule has 0 unspecified atom stereocenters. The molecule has 0 spiro atoms. The third-order valence-electron chi connectivity index (χ3n) is 4.91. The van der Waals surface area contributed by atoms with Crippen LogP contribution in [0.15, 0.2) is 45.5 Å². The van der Waals surface area contributed by atoms with Crippen molar-refractivity contribution in [2.75, 3.05) is 13.1 Å². The Balaban J connectivity index is 1.53. The summed E-state index contributed by atoms with van der Waals surface area (Å²) in [5, 5.41) is 3.09. The molecule has 0 radical (unpaired) electrons. The van der Waals surface area contributed by atoms with Crippen LogP contribution in [0, 0.1) is 0 Å². The fraction of sp³-hybridized carbons (Fsp3) is 0.429. The second kappa shape index (κ2) is 7.89. The number of rotatable bonds is 3. The van der Waals surface area contributed by atoms with E-state index in [1.54, 1.807) is 17.0 Å². The van der Waals surface area contributed by atoms with E-state index in [2.05, 4.69) is 42.0 Å². The molecule has 0 atom stereocenters. The van der Waals surface area contributed by atoms with E-state index in [4.69, 9.17) is 4.42 Å². The van der Waals surface area contributed by atoms with E-state index < -0.39 is 0 Å². The summed E-state index contributed by atoms with van der Waals surface area (Å²) in [6.07, 6.45) is 1.47. The van der Waals surface area contributed by atoms with E-state index in [0.717, 1.165) is 12.8 Å². The number of hydrogen-bond donors (Lipinski definition) is 1. The minimum Gasteiger partial charge on any atom is -0.444 e. The number of halogens is 1. The van der Waals surface area contributed by atoms with Crippen LogP contribution in [0.3, 0.4) is 0 Å². The monoisotopic (exact) mass is 432 g/mol. The first kappa shape index (κ1) is 19.7. The molecule has 1 N–H and O–H groups in total. The highest BCUT2D eigenvalue weighted by Gasteiger charge is 2.26. The summed E-state index contributed by atoms with van der Waals surface area (Å²) in [5.74, 6) is 0.168. The second-order valence-corrected chi connectivity index (χ2v) is 8.75. The largest absolute Gasteiger partial charge is 0.444 e. The van der Waals surface area contributed by atoms with Gasteiger partial charge in [0.15, 0.2) is 10.4 Å². The number of likely N-dealkylation sites (tertiary alicyclic amines) is 1. The quantitative estimate of drug-likeness (QED) is 0.782. The molecule has 0 bridgehead atoms. The van der Waals surface area contributed by atoms with Crippen LogP contribution in [-0.2, 0) is 5.41 Å². The average molecular weight is 433 g/mol. The molecule has 5 nitrogen and oxygen atoms in total. The van der Waals surface area contributed by atoms with Gasteiger partial charge in [0.2, 0.25) is 0 Å². The van der Waals surface area contributed by atoms with Crippen molar-refractivity contribution in [2.45, 2.75) is 45.1 Å². The van der Waals surface area contributed by atoms with E-state index >= 15 is 0 Å². The number of carbonyl (C=O) groups excluding carboxylic acids is 2. The van der Waals surface area contributed by atoms with Gasteiger partial charge < -0.3 is 14.6 Å². The molecule has 2 heterocycles. The molecule has 1 fully saturated rings. The van der Waals surface area contributed by atoms with Crippen molar-refractivity contribution in [1.29, 1.82) is 0 Å². The normalized spacial score (nSPS) is 15.6. The zero-order chi connectivity index (χ0) is 19.6. The molecular weight excluding hydrogens is 408 g/mol. The van der Waals surface area contributed by atoms with Crippen molar-refractivity contribution in [3.8, 4) is 0 Å². The first-order valence-corrected chi connectivity index (χ1v) is 9.99. The highest BCUT2D eigenvalue weighted by Crippen LogP contribution is 2.22. The number of hydrogen-bond acceptors (Lipinski definition) is 3. The Bertz CT molecular complexity index is 813. The lowest BCUT2D eigenvalue weighted by atomic mass is 9.86. The van der Waals surface area contributed by atoms with E-state index in [-0.39, 0.29) is 23.3 Å². The smallest absolute Gasteiger partial charge is 0.289 e. The molecule has 1 aromatic carbocycles. The zero-order valence-electron chi connectivity index (χ0n) is 15.9. The van der Waals surface area contributed by atoms with Gasteiger partial charge >= 0.3 is 0 Å². The van der Waals surface area contributed by atoms with Crippen LogP contribution in [0.25, 0.3) is 0 Å². The SMILES string of the molecule is CC(C)(C)c1ccc(C(=O)NC2CCN(C(=O)c3ccc(Br)o3)CC2)cc1. The molecule has 0 saturated carbocycles. The molecule has 2 amide bonds. The Kier molecular flexibility index (Phi) is 5.75. The molecule has 1 aliphatic rings. The minimum absolute atomic E-state index is 0.0600. The van der Waals surface area contributed by atoms with Gasteiger partial charge in [-0.2, -0.15) is 0 Å². The number of amides is 2. The lowest BCUT2D eigenvalue weighted by Crippen LogP contribution is -2.46. The molecule has 1 aliphatic heterocycles. The van der Waals surface area contributed by atoms with Gasteiger partial charge in [0.05, 0.1) is 0 Å². The Morgan fingerprint density at radius 2 is 1.70 bits per heavy atom. The number of nitrogens with one attached hydrogen (secondary N) is 1. The van der Waals surface area contributed by atoms with Crippen LogP contribution >= 0.6 is 15.9 Å². The Hall–Kier alpha value is -2.08. The summed E-state index contributed by atoms with van der Waals surface area (Å²) < 4.78 is 5.88. The highest BCUT2D eigenvalue weighted by atomic mass is 79.9. The maximum Gasteiger partial charge on any atom is 0.289 e. The van der Waals surface area contributed by atoms with Crippen molar-refractivity contribution < 1.29 is 14.0 Å². The standard InChI is InChI=1S/C21H25BrN2O3/c1-21(2,3)15-6-4-14(5-7-15)19(25)23-16-10-12-24(13-11-16)20(26)17-8-9-18(22)27-17/h4-9,16H,10-13H2,1-3H3,(H,23,25). The molecule has 144 valence electrons. The maximum atomic E-state index is 12.5. The van der Waals surface area contributed by atoms with Gasteiger partial charge in [0, 0.05) is 24.7 Å². The van der Waals surface area contributed by atoms with E-state index in [0.29, 0.717) is 29.1 Å². The average Bonchev–Trinajstić information content (AvgIpc) is 3.07. The number of piperidine rings is 1. The highest BCUT2D eigenvalue weighted by molar-refractivity contribution is 9.10. The Morgan fingerprint density at radius 1 is 1.07 bits per heavy atom. The molecule has 1 aromatic heterocycles. The molecule has 2 aromatic rings. The molecule has 1 saturated heterocycles. The van der Waals surface area contributed by atoms with Crippen LogP contribution in [0.5, 0.6) is 0 Å².